The number of rotatable bonds is 6. The Labute approximate surface area is 177 Å². The largest absolute Gasteiger partial charge is 0.484 e. The van der Waals surface area contributed by atoms with Crippen LogP contribution in [0.4, 0.5) is 8.78 Å². The molecule has 0 unspecified atom stereocenters. The maximum absolute atomic E-state index is 13.4. The topological polar surface area (TPSA) is 55.6 Å². The van der Waals surface area contributed by atoms with Gasteiger partial charge in [0.2, 0.25) is 5.89 Å². The average Bonchev–Trinajstić information content (AvgIpc) is 3.38. The van der Waals surface area contributed by atoms with Crippen molar-refractivity contribution in [2.45, 2.75) is 25.3 Å². The van der Waals surface area contributed by atoms with E-state index < -0.39 is 5.82 Å². The van der Waals surface area contributed by atoms with E-state index in [-0.39, 0.29) is 29.4 Å². The lowest BCUT2D eigenvalue weighted by Gasteiger charge is -2.22. The van der Waals surface area contributed by atoms with Crippen molar-refractivity contribution >= 4 is 17.5 Å². The number of benzene rings is 2. The molecule has 1 aliphatic heterocycles. The number of nitrogens with zero attached hydrogens (tertiary/aromatic N) is 2. The van der Waals surface area contributed by atoms with E-state index in [2.05, 4.69) is 4.98 Å². The molecule has 5 nitrogen and oxygen atoms in total. The standard InChI is InChI=1S/C22H19ClF2N2O3/c23-18-11-16(6-7-19(18)25)29-13-21(28)27-8-2-5-20(27)22-26-12-17(30-22)10-14-3-1-4-15(24)9-14/h1,3-4,6-7,9,11-12,20H,2,5,8,10,13H2/t20-/m1/s1. The van der Waals surface area contributed by atoms with Crippen LogP contribution in [0.2, 0.25) is 5.02 Å². The second-order valence-corrected chi connectivity index (χ2v) is 7.49. The summed E-state index contributed by atoms with van der Waals surface area (Å²) >= 11 is 5.74. The third-order valence-electron chi connectivity index (χ3n) is 4.95. The molecule has 0 radical (unpaired) electrons. The Morgan fingerprint density at radius 3 is 2.93 bits per heavy atom. The van der Waals surface area contributed by atoms with Crippen LogP contribution in [0.15, 0.2) is 53.1 Å². The van der Waals surface area contributed by atoms with Crippen molar-refractivity contribution < 1.29 is 22.7 Å². The number of carbonyl (C=O) groups excluding carboxylic acids is 1. The summed E-state index contributed by atoms with van der Waals surface area (Å²) in [7, 11) is 0. The summed E-state index contributed by atoms with van der Waals surface area (Å²) in [5.74, 6) is 0.307. The van der Waals surface area contributed by atoms with Gasteiger partial charge in [0, 0.05) is 19.0 Å². The summed E-state index contributed by atoms with van der Waals surface area (Å²) < 4.78 is 37.9. The Hall–Kier alpha value is -2.93. The molecule has 2 aromatic carbocycles. The number of carbonyl (C=O) groups is 1. The molecule has 4 rings (SSSR count). The average molecular weight is 433 g/mol. The second kappa shape index (κ2) is 8.83. The Morgan fingerprint density at radius 1 is 1.27 bits per heavy atom. The highest BCUT2D eigenvalue weighted by atomic mass is 35.5. The summed E-state index contributed by atoms with van der Waals surface area (Å²) in [5, 5.41) is -0.0652. The first-order chi connectivity index (χ1) is 14.5. The van der Waals surface area contributed by atoms with Crippen LogP contribution in [0.3, 0.4) is 0 Å². The predicted octanol–water partition coefficient (Wildman–Crippen LogP) is 4.94. The minimum atomic E-state index is -0.548. The van der Waals surface area contributed by atoms with Crippen LogP contribution in [0.1, 0.15) is 36.1 Å². The monoisotopic (exact) mass is 432 g/mol. The van der Waals surface area contributed by atoms with Gasteiger partial charge in [0.25, 0.3) is 5.91 Å². The zero-order chi connectivity index (χ0) is 21.1. The molecular weight excluding hydrogens is 414 g/mol. The van der Waals surface area contributed by atoms with Crippen LogP contribution >= 0.6 is 11.6 Å². The predicted molar refractivity (Wildman–Crippen MR) is 106 cm³/mol. The molecule has 156 valence electrons. The summed E-state index contributed by atoms with van der Waals surface area (Å²) in [6.07, 6.45) is 3.58. The third kappa shape index (κ3) is 4.62. The fraction of sp³-hybridized carbons (Fsp3) is 0.273. The molecule has 0 aliphatic carbocycles. The van der Waals surface area contributed by atoms with E-state index in [0.29, 0.717) is 30.4 Å². The van der Waals surface area contributed by atoms with Crippen LogP contribution in [0.25, 0.3) is 0 Å². The summed E-state index contributed by atoms with van der Waals surface area (Å²) in [6.45, 7) is 0.369. The summed E-state index contributed by atoms with van der Waals surface area (Å²) in [4.78, 5) is 18.7. The number of hydrogen-bond donors (Lipinski definition) is 0. The fourth-order valence-corrected chi connectivity index (χ4v) is 3.69. The summed E-state index contributed by atoms with van der Waals surface area (Å²) in [6, 6.07) is 9.96. The van der Waals surface area contributed by atoms with E-state index in [0.717, 1.165) is 18.4 Å². The van der Waals surface area contributed by atoms with Crippen molar-refractivity contribution in [2.24, 2.45) is 0 Å². The lowest BCUT2D eigenvalue weighted by Crippen LogP contribution is -2.34. The molecule has 0 N–H and O–H groups in total. The van der Waals surface area contributed by atoms with Crippen LogP contribution in [-0.2, 0) is 11.2 Å². The highest BCUT2D eigenvalue weighted by Gasteiger charge is 2.33. The molecule has 8 heteroatoms. The Balaban J connectivity index is 1.40. The van der Waals surface area contributed by atoms with Crippen molar-refractivity contribution in [1.29, 1.82) is 0 Å². The number of oxazole rings is 1. The van der Waals surface area contributed by atoms with Crippen molar-refractivity contribution in [3.63, 3.8) is 0 Å². The van der Waals surface area contributed by atoms with E-state index >= 15 is 0 Å². The number of amides is 1. The van der Waals surface area contributed by atoms with Gasteiger partial charge in [-0.15, -0.1) is 0 Å². The molecule has 1 amide bonds. The number of likely N-dealkylation sites (tertiary alicyclic amines) is 1. The Morgan fingerprint density at radius 2 is 2.13 bits per heavy atom. The van der Waals surface area contributed by atoms with Gasteiger partial charge in [-0.2, -0.15) is 0 Å². The van der Waals surface area contributed by atoms with Crippen LogP contribution < -0.4 is 4.74 Å². The molecular formula is C22H19ClF2N2O3. The lowest BCUT2D eigenvalue weighted by molar-refractivity contribution is -0.134. The van der Waals surface area contributed by atoms with E-state index in [1.807, 2.05) is 6.07 Å². The Kier molecular flexibility index (Phi) is 5.99. The van der Waals surface area contributed by atoms with Crippen molar-refractivity contribution in [1.82, 2.24) is 9.88 Å². The minimum absolute atomic E-state index is 0.0652. The first-order valence-electron chi connectivity index (χ1n) is 9.56. The van der Waals surface area contributed by atoms with Gasteiger partial charge in [-0.05, 0) is 42.7 Å². The van der Waals surface area contributed by atoms with Gasteiger partial charge in [-0.3, -0.25) is 4.79 Å². The molecule has 30 heavy (non-hydrogen) atoms. The van der Waals surface area contributed by atoms with E-state index in [9.17, 15) is 13.6 Å². The van der Waals surface area contributed by atoms with Gasteiger partial charge in [0.1, 0.15) is 29.2 Å². The quantitative estimate of drug-likeness (QED) is 0.553. The summed E-state index contributed by atoms with van der Waals surface area (Å²) in [5.41, 5.74) is 0.781. The third-order valence-corrected chi connectivity index (χ3v) is 5.24. The van der Waals surface area contributed by atoms with Gasteiger partial charge >= 0.3 is 0 Å². The van der Waals surface area contributed by atoms with Crippen molar-refractivity contribution in [3.05, 3.63) is 82.5 Å². The van der Waals surface area contributed by atoms with E-state index in [4.69, 9.17) is 20.8 Å². The highest BCUT2D eigenvalue weighted by Crippen LogP contribution is 2.32. The van der Waals surface area contributed by atoms with Crippen LogP contribution in [0.5, 0.6) is 5.75 Å². The van der Waals surface area contributed by atoms with Gasteiger partial charge in [0.05, 0.1) is 11.2 Å². The highest BCUT2D eigenvalue weighted by molar-refractivity contribution is 6.30. The van der Waals surface area contributed by atoms with Crippen LogP contribution in [-0.4, -0.2) is 28.9 Å². The van der Waals surface area contributed by atoms with Crippen molar-refractivity contribution in [2.75, 3.05) is 13.2 Å². The van der Waals surface area contributed by atoms with E-state index in [1.54, 1.807) is 17.2 Å². The van der Waals surface area contributed by atoms with Gasteiger partial charge in [0.15, 0.2) is 6.61 Å². The number of aromatic nitrogens is 1. The number of ether oxygens (including phenoxy) is 1. The molecule has 0 spiro atoms. The molecule has 1 aromatic heterocycles. The first kappa shape index (κ1) is 20.3. The normalized spacial score (nSPS) is 16.1. The minimum Gasteiger partial charge on any atom is -0.484 e. The van der Waals surface area contributed by atoms with E-state index in [1.165, 1.54) is 30.3 Å². The van der Waals surface area contributed by atoms with Gasteiger partial charge < -0.3 is 14.1 Å². The first-order valence-corrected chi connectivity index (χ1v) is 9.94. The van der Waals surface area contributed by atoms with Crippen molar-refractivity contribution in [3.8, 4) is 5.75 Å². The lowest BCUT2D eigenvalue weighted by atomic mass is 10.1. The zero-order valence-corrected chi connectivity index (χ0v) is 16.7. The molecule has 0 saturated carbocycles. The molecule has 3 aromatic rings. The zero-order valence-electron chi connectivity index (χ0n) is 16.0. The van der Waals surface area contributed by atoms with Gasteiger partial charge in [-0.1, -0.05) is 23.7 Å². The SMILES string of the molecule is O=C(COc1ccc(F)c(Cl)c1)N1CCC[C@@H]1c1ncc(Cc2cccc(F)c2)o1. The Bertz CT molecular complexity index is 1060. The molecule has 1 atom stereocenters. The van der Waals surface area contributed by atoms with Gasteiger partial charge in [-0.25, -0.2) is 13.8 Å². The molecule has 1 saturated heterocycles. The molecule has 1 aliphatic rings. The number of halogens is 3. The molecule has 0 bridgehead atoms. The molecule has 1 fully saturated rings. The maximum atomic E-state index is 13.4. The van der Waals surface area contributed by atoms with Crippen LogP contribution in [0, 0.1) is 11.6 Å². The smallest absolute Gasteiger partial charge is 0.261 e. The number of hydrogen-bond acceptors (Lipinski definition) is 4. The fourth-order valence-electron chi connectivity index (χ4n) is 3.52. The molecule has 2 heterocycles. The maximum Gasteiger partial charge on any atom is 0.261 e. The second-order valence-electron chi connectivity index (χ2n) is 7.08.